The Kier molecular flexibility index (Phi) is 4.41. The molecular weight excluding hydrogens is 262 g/mol. The highest BCUT2D eigenvalue weighted by Gasteiger charge is 2.27. The van der Waals surface area contributed by atoms with E-state index in [1.165, 1.54) is 0 Å². The molecule has 0 spiro atoms. The van der Waals surface area contributed by atoms with Crippen molar-refractivity contribution in [3.8, 4) is 6.07 Å². The number of halogens is 1. The summed E-state index contributed by atoms with van der Waals surface area (Å²) >= 11 is 6.14. The van der Waals surface area contributed by atoms with Gasteiger partial charge in [-0.3, -0.25) is 4.79 Å². The van der Waals surface area contributed by atoms with Gasteiger partial charge in [-0.15, -0.1) is 0 Å². The molecule has 2 rings (SSSR count). The summed E-state index contributed by atoms with van der Waals surface area (Å²) < 4.78 is 0. The minimum absolute atomic E-state index is 0.0918. The fourth-order valence-electron chi connectivity index (χ4n) is 2.22. The number of nitrogens with zero attached hydrogens (tertiary/aromatic N) is 2. The lowest BCUT2D eigenvalue weighted by atomic mass is 10.1. The molecule has 0 bridgehead atoms. The average molecular weight is 278 g/mol. The molecule has 1 aliphatic rings. The van der Waals surface area contributed by atoms with Crippen molar-refractivity contribution in [1.29, 1.82) is 5.26 Å². The molecule has 0 aliphatic carbocycles. The fraction of sp³-hybridized carbons (Fsp3) is 0.429. The molecule has 1 atom stereocenters. The van der Waals surface area contributed by atoms with Gasteiger partial charge in [0.15, 0.2) is 0 Å². The summed E-state index contributed by atoms with van der Waals surface area (Å²) in [6, 6.07) is 7.14. The lowest BCUT2D eigenvalue weighted by molar-refractivity contribution is -0.136. The molecule has 0 aromatic heterocycles. The van der Waals surface area contributed by atoms with Crippen molar-refractivity contribution in [2.24, 2.45) is 0 Å². The summed E-state index contributed by atoms with van der Waals surface area (Å²) in [5.41, 5.74) is 1.41. The van der Waals surface area contributed by atoms with Crippen LogP contribution in [-0.2, 0) is 11.3 Å². The van der Waals surface area contributed by atoms with E-state index in [1.807, 2.05) is 24.0 Å². The second-order valence-electron chi connectivity index (χ2n) is 4.59. The second-order valence-corrected chi connectivity index (χ2v) is 5.00. The monoisotopic (exact) mass is 277 g/mol. The summed E-state index contributed by atoms with van der Waals surface area (Å²) in [6.45, 7) is 3.99. The topological polar surface area (TPSA) is 56.1 Å². The van der Waals surface area contributed by atoms with Crippen molar-refractivity contribution in [1.82, 2.24) is 10.2 Å². The Labute approximate surface area is 118 Å². The largest absolute Gasteiger partial charge is 0.336 e. The van der Waals surface area contributed by atoms with Gasteiger partial charge in [0.1, 0.15) is 0 Å². The number of hydrogen-bond donors (Lipinski definition) is 1. The molecule has 1 heterocycles. The maximum atomic E-state index is 12.2. The van der Waals surface area contributed by atoms with E-state index < -0.39 is 0 Å². The third kappa shape index (κ3) is 3.06. The van der Waals surface area contributed by atoms with Gasteiger partial charge in [0.2, 0.25) is 5.91 Å². The third-order valence-corrected chi connectivity index (χ3v) is 3.69. The van der Waals surface area contributed by atoms with Crippen molar-refractivity contribution in [2.75, 3.05) is 13.1 Å². The predicted octanol–water partition coefficient (Wildman–Crippen LogP) is 1.92. The zero-order chi connectivity index (χ0) is 13.8. The highest BCUT2D eigenvalue weighted by atomic mass is 35.5. The van der Waals surface area contributed by atoms with E-state index in [0.717, 1.165) is 18.5 Å². The first kappa shape index (κ1) is 13.9. The van der Waals surface area contributed by atoms with E-state index in [-0.39, 0.29) is 11.9 Å². The molecule has 19 heavy (non-hydrogen) atoms. The molecule has 1 unspecified atom stereocenters. The van der Waals surface area contributed by atoms with Crippen molar-refractivity contribution >= 4 is 17.5 Å². The van der Waals surface area contributed by atoms with Gasteiger partial charge >= 0.3 is 0 Å². The number of piperazine rings is 1. The summed E-state index contributed by atoms with van der Waals surface area (Å²) in [6.07, 6.45) is 0.788. The van der Waals surface area contributed by atoms with Gasteiger partial charge in [0.25, 0.3) is 0 Å². The van der Waals surface area contributed by atoms with Crippen molar-refractivity contribution in [3.05, 3.63) is 34.3 Å². The van der Waals surface area contributed by atoms with Gasteiger partial charge in [-0.1, -0.05) is 24.6 Å². The molecule has 1 amide bonds. The van der Waals surface area contributed by atoms with Crippen LogP contribution in [0.1, 0.15) is 24.5 Å². The van der Waals surface area contributed by atoms with Crippen LogP contribution in [0.4, 0.5) is 0 Å². The number of nitrogens with one attached hydrogen (secondary N) is 1. The van der Waals surface area contributed by atoms with Crippen LogP contribution in [0.3, 0.4) is 0 Å². The summed E-state index contributed by atoms with van der Waals surface area (Å²) in [5, 5.41) is 12.5. The average Bonchev–Trinajstić information content (AvgIpc) is 2.43. The van der Waals surface area contributed by atoms with Crippen molar-refractivity contribution in [2.45, 2.75) is 25.9 Å². The molecule has 100 valence electrons. The first-order chi connectivity index (χ1) is 9.15. The number of benzene rings is 1. The molecule has 1 aromatic rings. The van der Waals surface area contributed by atoms with Gasteiger partial charge in [-0.25, -0.2) is 0 Å². The van der Waals surface area contributed by atoms with E-state index in [2.05, 4.69) is 5.32 Å². The first-order valence-corrected chi connectivity index (χ1v) is 6.74. The molecule has 1 N–H and O–H groups in total. The summed E-state index contributed by atoms with van der Waals surface area (Å²) in [7, 11) is 0. The van der Waals surface area contributed by atoms with Crippen LogP contribution in [0.25, 0.3) is 0 Å². The first-order valence-electron chi connectivity index (χ1n) is 6.36. The Bertz CT molecular complexity index is 524. The van der Waals surface area contributed by atoms with Crippen LogP contribution in [-0.4, -0.2) is 29.9 Å². The van der Waals surface area contributed by atoms with Crippen molar-refractivity contribution in [3.63, 3.8) is 0 Å². The Morgan fingerprint density at radius 1 is 1.58 bits per heavy atom. The molecule has 0 saturated carbocycles. The smallest absolute Gasteiger partial charge is 0.240 e. The Morgan fingerprint density at radius 3 is 3.00 bits per heavy atom. The minimum Gasteiger partial charge on any atom is -0.336 e. The van der Waals surface area contributed by atoms with E-state index in [9.17, 15) is 4.79 Å². The zero-order valence-corrected chi connectivity index (χ0v) is 11.6. The number of carbonyl (C=O) groups excluding carboxylic acids is 1. The molecule has 1 aliphatic heterocycles. The van der Waals surface area contributed by atoms with E-state index in [4.69, 9.17) is 16.9 Å². The predicted molar refractivity (Wildman–Crippen MR) is 73.7 cm³/mol. The molecule has 1 saturated heterocycles. The van der Waals surface area contributed by atoms with Gasteiger partial charge in [0, 0.05) is 24.7 Å². The van der Waals surface area contributed by atoms with Gasteiger partial charge < -0.3 is 10.2 Å². The van der Waals surface area contributed by atoms with E-state index in [1.54, 1.807) is 12.1 Å². The minimum atomic E-state index is -0.0918. The highest BCUT2D eigenvalue weighted by molar-refractivity contribution is 6.31. The molecule has 1 fully saturated rings. The Balaban J connectivity index is 2.13. The Hall–Kier alpha value is -1.57. The zero-order valence-electron chi connectivity index (χ0n) is 10.8. The molecule has 1 aromatic carbocycles. The maximum Gasteiger partial charge on any atom is 0.240 e. The number of amides is 1. The summed E-state index contributed by atoms with van der Waals surface area (Å²) in [5.74, 6) is 0.120. The van der Waals surface area contributed by atoms with Gasteiger partial charge in [-0.05, 0) is 24.1 Å². The molecule has 0 radical (unpaired) electrons. The lowest BCUT2D eigenvalue weighted by Crippen LogP contribution is -2.54. The lowest BCUT2D eigenvalue weighted by Gasteiger charge is -2.33. The highest BCUT2D eigenvalue weighted by Crippen LogP contribution is 2.20. The maximum absolute atomic E-state index is 12.2. The normalized spacial score (nSPS) is 19.3. The van der Waals surface area contributed by atoms with Crippen molar-refractivity contribution < 1.29 is 4.79 Å². The van der Waals surface area contributed by atoms with Gasteiger partial charge in [0.05, 0.1) is 17.7 Å². The second kappa shape index (κ2) is 6.05. The van der Waals surface area contributed by atoms with Crippen LogP contribution in [0, 0.1) is 11.3 Å². The molecule has 4 nitrogen and oxygen atoms in total. The number of carbonyl (C=O) groups is 1. The SMILES string of the molecule is CCC1NCCN(Cc2ccc(C#N)cc2Cl)C1=O. The van der Waals surface area contributed by atoms with E-state index >= 15 is 0 Å². The van der Waals surface area contributed by atoms with E-state index in [0.29, 0.717) is 23.7 Å². The van der Waals surface area contributed by atoms with Crippen LogP contribution in [0.5, 0.6) is 0 Å². The number of rotatable bonds is 3. The van der Waals surface area contributed by atoms with Crippen LogP contribution in [0.15, 0.2) is 18.2 Å². The molecular formula is C14H16ClN3O. The van der Waals surface area contributed by atoms with Crippen LogP contribution in [0.2, 0.25) is 5.02 Å². The Morgan fingerprint density at radius 2 is 2.37 bits per heavy atom. The van der Waals surface area contributed by atoms with Crippen LogP contribution < -0.4 is 5.32 Å². The number of nitriles is 1. The van der Waals surface area contributed by atoms with Gasteiger partial charge in [-0.2, -0.15) is 5.26 Å². The quantitative estimate of drug-likeness (QED) is 0.918. The third-order valence-electron chi connectivity index (χ3n) is 3.33. The summed E-state index contributed by atoms with van der Waals surface area (Å²) in [4.78, 5) is 14.0. The molecule has 5 heteroatoms. The standard InChI is InChI=1S/C14H16ClN3O/c1-2-13-14(19)18(6-5-17-13)9-11-4-3-10(8-16)7-12(11)15/h3-4,7,13,17H,2,5-6,9H2,1H3. The number of hydrogen-bond acceptors (Lipinski definition) is 3. The fourth-order valence-corrected chi connectivity index (χ4v) is 2.46. The van der Waals surface area contributed by atoms with Crippen LogP contribution >= 0.6 is 11.6 Å².